The molecule has 0 aliphatic carbocycles. The highest BCUT2D eigenvalue weighted by molar-refractivity contribution is 5.97. The number of nitrogens with zero attached hydrogens (tertiary/aromatic N) is 5. The lowest BCUT2D eigenvalue weighted by Crippen LogP contribution is -2.20. The summed E-state index contributed by atoms with van der Waals surface area (Å²) in [6.45, 7) is 5.46. The molecule has 1 aliphatic heterocycles. The number of aryl methyl sites for hydroxylation is 2. The summed E-state index contributed by atoms with van der Waals surface area (Å²) in [5, 5.41) is 8.66. The van der Waals surface area contributed by atoms with Gasteiger partial charge in [-0.25, -0.2) is 14.4 Å². The Labute approximate surface area is 231 Å². The number of hydrogen-bond donors (Lipinski definition) is 2. The van der Waals surface area contributed by atoms with Crippen LogP contribution in [0.15, 0.2) is 67.1 Å². The van der Waals surface area contributed by atoms with Crippen LogP contribution in [0.25, 0.3) is 55.8 Å². The van der Waals surface area contributed by atoms with E-state index in [9.17, 15) is 4.39 Å². The van der Waals surface area contributed by atoms with Crippen molar-refractivity contribution in [1.29, 1.82) is 0 Å². The summed E-state index contributed by atoms with van der Waals surface area (Å²) < 4.78 is 14.8. The quantitative estimate of drug-likeness (QED) is 0.239. The summed E-state index contributed by atoms with van der Waals surface area (Å²) in [6, 6.07) is 15.6. The second kappa shape index (κ2) is 10.3. The first-order chi connectivity index (χ1) is 19.6. The summed E-state index contributed by atoms with van der Waals surface area (Å²) >= 11 is 0. The molecule has 4 aromatic heterocycles. The number of aromatic nitrogens is 6. The molecule has 2 N–H and O–H groups in total. The zero-order valence-electron chi connectivity index (χ0n) is 22.4. The number of likely N-dealkylation sites (tertiary alicyclic amines) is 1. The summed E-state index contributed by atoms with van der Waals surface area (Å²) in [5.74, 6) is 0.387. The summed E-state index contributed by atoms with van der Waals surface area (Å²) in [4.78, 5) is 19.6. The summed E-state index contributed by atoms with van der Waals surface area (Å²) in [6.07, 6.45) is 9.89. The van der Waals surface area contributed by atoms with Crippen molar-refractivity contribution in [3.8, 4) is 33.8 Å². The first-order valence-corrected chi connectivity index (χ1v) is 13.9. The lowest BCUT2D eigenvalue weighted by Gasteiger charge is -2.14. The molecule has 8 heteroatoms. The van der Waals surface area contributed by atoms with E-state index in [-0.39, 0.29) is 5.82 Å². The van der Waals surface area contributed by atoms with Crippen molar-refractivity contribution in [2.45, 2.75) is 32.6 Å². The summed E-state index contributed by atoms with van der Waals surface area (Å²) in [5.41, 5.74) is 8.87. The number of aromatic amines is 2. The first-order valence-electron chi connectivity index (χ1n) is 13.9. The molecule has 0 bridgehead atoms. The fraction of sp³-hybridized carbons (Fsp3) is 0.250. The van der Waals surface area contributed by atoms with Crippen LogP contribution in [0.5, 0.6) is 0 Å². The molecule has 1 saturated heterocycles. The lowest BCUT2D eigenvalue weighted by atomic mass is 10.0. The molecule has 0 spiro atoms. The van der Waals surface area contributed by atoms with Crippen LogP contribution in [-0.4, -0.2) is 54.7 Å². The molecule has 0 unspecified atom stereocenters. The highest BCUT2D eigenvalue weighted by Crippen LogP contribution is 2.33. The van der Waals surface area contributed by atoms with Crippen molar-refractivity contribution in [3.63, 3.8) is 0 Å². The third-order valence-electron chi connectivity index (χ3n) is 7.79. The van der Waals surface area contributed by atoms with Crippen molar-refractivity contribution < 1.29 is 4.39 Å². The third-order valence-corrected chi connectivity index (χ3v) is 7.79. The molecule has 0 atom stereocenters. The topological polar surface area (TPSA) is 86.4 Å². The van der Waals surface area contributed by atoms with E-state index in [0.717, 1.165) is 69.2 Å². The standard InChI is InChI=1S/C32H30FN7/c1-20-13-24(19-34-18-20)22-6-7-28-27(17-22)30(39-38-28)32-36-29-26(8-9-35-31(29)37-32)23-14-21(15-25(33)16-23)5-4-12-40-10-2-3-11-40/h6-9,13-19H,2-5,10-12H2,1H3,(H,38,39)(H,35,36,37). The number of hydrogen-bond acceptors (Lipinski definition) is 5. The highest BCUT2D eigenvalue weighted by atomic mass is 19.1. The molecule has 1 aliphatic rings. The van der Waals surface area contributed by atoms with Crippen LogP contribution in [0.3, 0.4) is 0 Å². The fourth-order valence-corrected chi connectivity index (χ4v) is 5.81. The number of imidazole rings is 1. The van der Waals surface area contributed by atoms with Crippen molar-refractivity contribution in [2.24, 2.45) is 0 Å². The van der Waals surface area contributed by atoms with Gasteiger partial charge in [0.15, 0.2) is 11.5 Å². The Bertz CT molecular complexity index is 1830. The van der Waals surface area contributed by atoms with E-state index < -0.39 is 0 Å². The molecule has 40 heavy (non-hydrogen) atoms. The highest BCUT2D eigenvalue weighted by Gasteiger charge is 2.17. The Morgan fingerprint density at radius 3 is 2.73 bits per heavy atom. The van der Waals surface area contributed by atoms with Gasteiger partial charge in [0.1, 0.15) is 11.5 Å². The number of halogens is 1. The lowest BCUT2D eigenvalue weighted by molar-refractivity contribution is 0.334. The van der Waals surface area contributed by atoms with Gasteiger partial charge in [-0.15, -0.1) is 0 Å². The van der Waals surface area contributed by atoms with Crippen molar-refractivity contribution in [3.05, 3.63) is 84.1 Å². The third kappa shape index (κ3) is 4.75. The maximum Gasteiger partial charge on any atom is 0.178 e. The molecule has 2 aromatic carbocycles. The van der Waals surface area contributed by atoms with Gasteiger partial charge in [-0.3, -0.25) is 10.1 Å². The second-order valence-electron chi connectivity index (χ2n) is 10.7. The number of H-pyrrole nitrogens is 2. The molecule has 5 heterocycles. The number of pyridine rings is 2. The van der Waals surface area contributed by atoms with E-state index in [1.165, 1.54) is 25.9 Å². The Morgan fingerprint density at radius 2 is 1.85 bits per heavy atom. The molecule has 7 rings (SSSR count). The maximum absolute atomic E-state index is 14.8. The predicted molar refractivity (Wildman–Crippen MR) is 156 cm³/mol. The van der Waals surface area contributed by atoms with E-state index in [0.29, 0.717) is 17.2 Å². The van der Waals surface area contributed by atoms with Gasteiger partial charge in [0.05, 0.1) is 11.0 Å². The Morgan fingerprint density at radius 1 is 0.950 bits per heavy atom. The summed E-state index contributed by atoms with van der Waals surface area (Å²) in [7, 11) is 0. The Balaban J connectivity index is 1.23. The first kappa shape index (κ1) is 24.6. The molecule has 1 fully saturated rings. The number of nitrogens with one attached hydrogen (secondary N) is 2. The minimum atomic E-state index is -0.227. The Kier molecular flexibility index (Phi) is 6.32. The SMILES string of the molecule is Cc1cncc(-c2ccc3[nH]nc(-c4nc5nccc(-c6cc(F)cc(CCCN7CCCC7)c6)c5[nH]4)c3c2)c1. The molecule has 6 aromatic rings. The minimum Gasteiger partial charge on any atom is -0.335 e. The van der Waals surface area contributed by atoms with Gasteiger partial charge in [-0.2, -0.15) is 5.10 Å². The van der Waals surface area contributed by atoms with E-state index >= 15 is 0 Å². The van der Waals surface area contributed by atoms with Crippen LogP contribution in [0, 0.1) is 12.7 Å². The van der Waals surface area contributed by atoms with Crippen LogP contribution >= 0.6 is 0 Å². The zero-order valence-corrected chi connectivity index (χ0v) is 22.4. The van der Waals surface area contributed by atoms with Crippen LogP contribution in [0.4, 0.5) is 4.39 Å². The van der Waals surface area contributed by atoms with E-state index in [2.05, 4.69) is 54.3 Å². The van der Waals surface area contributed by atoms with Gasteiger partial charge >= 0.3 is 0 Å². The van der Waals surface area contributed by atoms with Gasteiger partial charge in [-0.1, -0.05) is 12.1 Å². The molecular formula is C32H30FN7. The predicted octanol–water partition coefficient (Wildman–Crippen LogP) is 6.71. The van der Waals surface area contributed by atoms with Crippen molar-refractivity contribution in [1.82, 2.24) is 35.0 Å². The average molecular weight is 532 g/mol. The number of benzene rings is 2. The van der Waals surface area contributed by atoms with Crippen molar-refractivity contribution >= 4 is 22.1 Å². The largest absolute Gasteiger partial charge is 0.335 e. The molecule has 0 radical (unpaired) electrons. The average Bonchev–Trinajstić information content (AvgIpc) is 3.72. The van der Waals surface area contributed by atoms with Gasteiger partial charge in [0, 0.05) is 35.1 Å². The van der Waals surface area contributed by atoms with Crippen LogP contribution < -0.4 is 0 Å². The molecule has 200 valence electrons. The van der Waals surface area contributed by atoms with Gasteiger partial charge < -0.3 is 9.88 Å². The molecular weight excluding hydrogens is 501 g/mol. The monoisotopic (exact) mass is 531 g/mol. The number of rotatable bonds is 7. The van der Waals surface area contributed by atoms with Crippen LogP contribution in [0.2, 0.25) is 0 Å². The maximum atomic E-state index is 14.8. The number of fused-ring (bicyclic) bond motifs is 2. The molecule has 7 nitrogen and oxygen atoms in total. The van der Waals surface area contributed by atoms with Crippen molar-refractivity contribution in [2.75, 3.05) is 19.6 Å². The van der Waals surface area contributed by atoms with Gasteiger partial charge in [0.2, 0.25) is 0 Å². The second-order valence-corrected chi connectivity index (χ2v) is 10.7. The molecule has 0 amide bonds. The zero-order chi connectivity index (χ0) is 27.1. The minimum absolute atomic E-state index is 0.227. The van der Waals surface area contributed by atoms with Crippen LogP contribution in [-0.2, 0) is 6.42 Å². The van der Waals surface area contributed by atoms with Gasteiger partial charge in [-0.05, 0) is 111 Å². The van der Waals surface area contributed by atoms with E-state index in [4.69, 9.17) is 4.98 Å². The van der Waals surface area contributed by atoms with E-state index in [1.807, 2.05) is 31.5 Å². The fourth-order valence-electron chi connectivity index (χ4n) is 5.81. The van der Waals surface area contributed by atoms with Crippen LogP contribution in [0.1, 0.15) is 30.4 Å². The van der Waals surface area contributed by atoms with E-state index in [1.54, 1.807) is 18.3 Å². The Hall–Kier alpha value is -4.43. The normalized spacial score (nSPS) is 14.1. The molecule has 0 saturated carbocycles. The van der Waals surface area contributed by atoms with Gasteiger partial charge in [0.25, 0.3) is 0 Å². The smallest absolute Gasteiger partial charge is 0.178 e.